The van der Waals surface area contributed by atoms with Crippen molar-refractivity contribution in [2.24, 2.45) is 5.92 Å². The van der Waals surface area contributed by atoms with Crippen molar-refractivity contribution in [1.82, 2.24) is 4.90 Å². The van der Waals surface area contributed by atoms with Crippen LogP contribution in [-0.4, -0.2) is 24.4 Å². The number of nitrogens with two attached hydrogens (primary N) is 1. The summed E-state index contributed by atoms with van der Waals surface area (Å²) in [5.41, 5.74) is 7.84. The summed E-state index contributed by atoms with van der Waals surface area (Å²) in [5.74, 6) is 0.870. The number of benzene rings is 1. The number of carbonyl (C=O) groups excluding carboxylic acids is 1. The fourth-order valence-corrected chi connectivity index (χ4v) is 1.96. The number of hydrogen-bond acceptors (Lipinski definition) is 2. The zero-order valence-electron chi connectivity index (χ0n) is 12.4. The molecule has 19 heavy (non-hydrogen) atoms. The van der Waals surface area contributed by atoms with E-state index in [4.69, 9.17) is 5.73 Å². The molecule has 1 aromatic carbocycles. The number of para-hydroxylation sites is 1. The molecule has 0 aliphatic carbocycles. The number of nitrogens with zero attached hydrogens (tertiary/aromatic N) is 1. The standard InChI is InChI=1S/C16H26N2O/c1-13(2)11-12-18(3)16(19)10-6-8-14-7-4-5-9-15(14)17/h4-5,7,9,13H,6,8,10-12,17H2,1-3H3. The molecule has 0 aliphatic heterocycles. The molecule has 0 bridgehead atoms. The topological polar surface area (TPSA) is 46.3 Å². The predicted octanol–water partition coefficient (Wildman–Crippen LogP) is 3.10. The lowest BCUT2D eigenvalue weighted by molar-refractivity contribution is -0.130. The molecule has 0 saturated heterocycles. The van der Waals surface area contributed by atoms with E-state index in [1.54, 1.807) is 0 Å². The van der Waals surface area contributed by atoms with Gasteiger partial charge < -0.3 is 10.6 Å². The van der Waals surface area contributed by atoms with E-state index >= 15 is 0 Å². The molecule has 0 radical (unpaired) electrons. The number of carbonyl (C=O) groups is 1. The Morgan fingerprint density at radius 3 is 2.63 bits per heavy atom. The van der Waals surface area contributed by atoms with E-state index in [0.29, 0.717) is 12.3 Å². The maximum Gasteiger partial charge on any atom is 0.222 e. The predicted molar refractivity (Wildman–Crippen MR) is 80.9 cm³/mol. The quantitative estimate of drug-likeness (QED) is 0.767. The Hall–Kier alpha value is -1.51. The van der Waals surface area contributed by atoms with Gasteiger partial charge in [-0.2, -0.15) is 0 Å². The molecule has 2 N–H and O–H groups in total. The zero-order chi connectivity index (χ0) is 14.3. The number of aryl methyl sites for hydroxylation is 1. The van der Waals surface area contributed by atoms with Crippen LogP contribution in [0.25, 0.3) is 0 Å². The lowest BCUT2D eigenvalue weighted by Gasteiger charge is -2.18. The fraction of sp³-hybridized carbons (Fsp3) is 0.562. The van der Waals surface area contributed by atoms with Crippen molar-refractivity contribution in [3.63, 3.8) is 0 Å². The van der Waals surface area contributed by atoms with Crippen LogP contribution in [0, 0.1) is 5.92 Å². The Bertz CT molecular complexity index is 401. The average molecular weight is 262 g/mol. The largest absolute Gasteiger partial charge is 0.399 e. The van der Waals surface area contributed by atoms with Crippen molar-refractivity contribution < 1.29 is 4.79 Å². The van der Waals surface area contributed by atoms with E-state index in [9.17, 15) is 4.79 Å². The molecule has 0 atom stereocenters. The van der Waals surface area contributed by atoms with Crippen LogP contribution in [-0.2, 0) is 11.2 Å². The van der Waals surface area contributed by atoms with Crippen molar-refractivity contribution in [2.45, 2.75) is 39.5 Å². The van der Waals surface area contributed by atoms with Gasteiger partial charge >= 0.3 is 0 Å². The molecular formula is C16H26N2O. The van der Waals surface area contributed by atoms with Crippen molar-refractivity contribution in [1.29, 1.82) is 0 Å². The number of nitrogen functional groups attached to an aromatic ring is 1. The smallest absolute Gasteiger partial charge is 0.222 e. The highest BCUT2D eigenvalue weighted by molar-refractivity contribution is 5.75. The lowest BCUT2D eigenvalue weighted by atomic mass is 10.1. The second kappa shape index (κ2) is 7.82. The van der Waals surface area contributed by atoms with Gasteiger partial charge in [-0.25, -0.2) is 0 Å². The van der Waals surface area contributed by atoms with Crippen LogP contribution in [0.2, 0.25) is 0 Å². The van der Waals surface area contributed by atoms with Crippen LogP contribution in [0.15, 0.2) is 24.3 Å². The second-order valence-corrected chi connectivity index (χ2v) is 5.55. The van der Waals surface area contributed by atoms with Crippen molar-refractivity contribution in [2.75, 3.05) is 19.3 Å². The summed E-state index contributed by atoms with van der Waals surface area (Å²) in [5, 5.41) is 0. The first-order valence-electron chi connectivity index (χ1n) is 7.08. The van der Waals surface area contributed by atoms with Crippen molar-refractivity contribution in [3.05, 3.63) is 29.8 Å². The first-order valence-corrected chi connectivity index (χ1v) is 7.08. The minimum Gasteiger partial charge on any atom is -0.399 e. The summed E-state index contributed by atoms with van der Waals surface area (Å²) in [4.78, 5) is 13.8. The first kappa shape index (κ1) is 15.5. The Morgan fingerprint density at radius 2 is 2.00 bits per heavy atom. The van der Waals surface area contributed by atoms with E-state index in [1.807, 2.05) is 36.2 Å². The molecule has 0 unspecified atom stereocenters. The summed E-state index contributed by atoms with van der Waals surface area (Å²) < 4.78 is 0. The highest BCUT2D eigenvalue weighted by atomic mass is 16.2. The molecule has 3 nitrogen and oxygen atoms in total. The molecular weight excluding hydrogens is 236 g/mol. The summed E-state index contributed by atoms with van der Waals surface area (Å²) >= 11 is 0. The van der Waals surface area contributed by atoms with Gasteiger partial charge in [0.25, 0.3) is 0 Å². The highest BCUT2D eigenvalue weighted by Crippen LogP contribution is 2.14. The summed E-state index contributed by atoms with van der Waals surface area (Å²) in [7, 11) is 1.89. The average Bonchev–Trinajstić information content (AvgIpc) is 2.38. The Morgan fingerprint density at radius 1 is 1.32 bits per heavy atom. The van der Waals surface area contributed by atoms with Gasteiger partial charge in [0.1, 0.15) is 0 Å². The molecule has 0 fully saturated rings. The van der Waals surface area contributed by atoms with E-state index in [-0.39, 0.29) is 5.91 Å². The van der Waals surface area contributed by atoms with Crippen LogP contribution in [0.1, 0.15) is 38.7 Å². The number of rotatable bonds is 7. The number of amides is 1. The van der Waals surface area contributed by atoms with Gasteiger partial charge in [0, 0.05) is 25.7 Å². The third-order valence-electron chi connectivity index (χ3n) is 3.36. The summed E-state index contributed by atoms with van der Waals surface area (Å²) in [6, 6.07) is 7.86. The second-order valence-electron chi connectivity index (χ2n) is 5.55. The maximum atomic E-state index is 11.9. The molecule has 0 aliphatic rings. The third kappa shape index (κ3) is 5.77. The van der Waals surface area contributed by atoms with E-state index < -0.39 is 0 Å². The minimum absolute atomic E-state index is 0.232. The molecule has 0 heterocycles. The van der Waals surface area contributed by atoms with Gasteiger partial charge in [-0.05, 0) is 36.8 Å². The minimum atomic E-state index is 0.232. The van der Waals surface area contributed by atoms with Gasteiger partial charge in [0.05, 0.1) is 0 Å². The Labute approximate surface area is 116 Å². The summed E-state index contributed by atoms with van der Waals surface area (Å²) in [6.45, 7) is 5.21. The van der Waals surface area contributed by atoms with Crippen LogP contribution in [0.4, 0.5) is 5.69 Å². The SMILES string of the molecule is CC(C)CCN(C)C(=O)CCCc1ccccc1N. The fourth-order valence-electron chi connectivity index (χ4n) is 1.96. The molecule has 1 rings (SSSR count). The van der Waals surface area contributed by atoms with Gasteiger partial charge in [-0.1, -0.05) is 32.0 Å². The van der Waals surface area contributed by atoms with Crippen LogP contribution < -0.4 is 5.73 Å². The number of anilines is 1. The molecule has 0 spiro atoms. The molecule has 1 amide bonds. The third-order valence-corrected chi connectivity index (χ3v) is 3.36. The Kier molecular flexibility index (Phi) is 6.40. The monoisotopic (exact) mass is 262 g/mol. The van der Waals surface area contributed by atoms with Gasteiger partial charge in [-0.3, -0.25) is 4.79 Å². The molecule has 106 valence electrons. The first-order chi connectivity index (χ1) is 9.00. The zero-order valence-corrected chi connectivity index (χ0v) is 12.4. The molecule has 0 saturated carbocycles. The number of hydrogen-bond donors (Lipinski definition) is 1. The normalized spacial score (nSPS) is 10.7. The van der Waals surface area contributed by atoms with E-state index in [0.717, 1.165) is 37.1 Å². The van der Waals surface area contributed by atoms with Gasteiger partial charge in [-0.15, -0.1) is 0 Å². The van der Waals surface area contributed by atoms with E-state index in [2.05, 4.69) is 13.8 Å². The van der Waals surface area contributed by atoms with Crippen LogP contribution >= 0.6 is 0 Å². The highest BCUT2D eigenvalue weighted by Gasteiger charge is 2.09. The molecule has 3 heteroatoms. The van der Waals surface area contributed by atoms with Gasteiger partial charge in [0.15, 0.2) is 0 Å². The van der Waals surface area contributed by atoms with E-state index in [1.165, 1.54) is 0 Å². The summed E-state index contributed by atoms with van der Waals surface area (Å²) in [6.07, 6.45) is 3.40. The molecule has 0 aromatic heterocycles. The maximum absolute atomic E-state index is 11.9. The lowest BCUT2D eigenvalue weighted by Crippen LogP contribution is -2.28. The van der Waals surface area contributed by atoms with Crippen molar-refractivity contribution in [3.8, 4) is 0 Å². The molecule has 1 aromatic rings. The van der Waals surface area contributed by atoms with Crippen molar-refractivity contribution >= 4 is 11.6 Å². The van der Waals surface area contributed by atoms with Crippen LogP contribution in [0.3, 0.4) is 0 Å². The van der Waals surface area contributed by atoms with Crippen LogP contribution in [0.5, 0.6) is 0 Å². The Balaban J connectivity index is 2.29. The van der Waals surface area contributed by atoms with Gasteiger partial charge in [0.2, 0.25) is 5.91 Å².